The first kappa shape index (κ1) is 16.6. The molecular weight excluding hydrogens is 276 g/mol. The third-order valence-corrected chi connectivity index (χ3v) is 2.75. The molecule has 7 heteroatoms. The van der Waals surface area contributed by atoms with Crippen LogP contribution in [0.1, 0.15) is 27.6 Å². The lowest BCUT2D eigenvalue weighted by Crippen LogP contribution is -2.45. The number of rotatable bonds is 7. The zero-order valence-electron chi connectivity index (χ0n) is 11.9. The largest absolute Gasteiger partial charge is 0.478 e. The summed E-state index contributed by atoms with van der Waals surface area (Å²) in [5.74, 6) is -2.17. The van der Waals surface area contributed by atoms with Crippen LogP contribution in [0.25, 0.3) is 0 Å². The highest BCUT2D eigenvalue weighted by molar-refractivity contribution is 6.05. The van der Waals surface area contributed by atoms with Crippen LogP contribution < -0.4 is 10.6 Å². The van der Waals surface area contributed by atoms with Crippen molar-refractivity contribution in [1.82, 2.24) is 10.6 Å². The van der Waals surface area contributed by atoms with E-state index in [1.165, 1.54) is 32.2 Å². The van der Waals surface area contributed by atoms with E-state index in [0.717, 1.165) is 0 Å². The van der Waals surface area contributed by atoms with Crippen molar-refractivity contribution in [1.29, 1.82) is 0 Å². The molecule has 1 unspecified atom stereocenters. The second-order valence-corrected chi connectivity index (χ2v) is 4.33. The first-order valence-corrected chi connectivity index (χ1v) is 6.37. The van der Waals surface area contributed by atoms with Crippen molar-refractivity contribution in [2.24, 2.45) is 0 Å². The lowest BCUT2D eigenvalue weighted by molar-refractivity contribution is -0.122. The summed E-state index contributed by atoms with van der Waals surface area (Å²) in [5.41, 5.74) is -0.0940. The van der Waals surface area contributed by atoms with Crippen LogP contribution in [0.4, 0.5) is 0 Å². The van der Waals surface area contributed by atoms with Crippen LogP contribution in [0, 0.1) is 0 Å². The molecule has 1 rings (SSSR count). The Kier molecular flexibility index (Phi) is 6.35. The fourth-order valence-corrected chi connectivity index (χ4v) is 1.64. The number of carbonyl (C=O) groups excluding carboxylic acids is 2. The number of amides is 2. The first-order chi connectivity index (χ1) is 9.97. The fraction of sp³-hybridized carbons (Fsp3) is 0.357. The number of carboxylic acid groups (broad SMARTS) is 1. The highest BCUT2D eigenvalue weighted by Crippen LogP contribution is 2.08. The molecule has 0 radical (unpaired) electrons. The Morgan fingerprint density at radius 3 is 2.43 bits per heavy atom. The van der Waals surface area contributed by atoms with Crippen LogP contribution in [0.3, 0.4) is 0 Å². The van der Waals surface area contributed by atoms with Crippen molar-refractivity contribution in [2.45, 2.75) is 13.0 Å². The normalized spacial score (nSPS) is 11.5. The summed E-state index contributed by atoms with van der Waals surface area (Å²) >= 11 is 0. The van der Waals surface area contributed by atoms with E-state index in [1.807, 2.05) is 0 Å². The van der Waals surface area contributed by atoms with Gasteiger partial charge in [0, 0.05) is 13.7 Å². The van der Waals surface area contributed by atoms with Crippen molar-refractivity contribution >= 4 is 17.8 Å². The van der Waals surface area contributed by atoms with Gasteiger partial charge in [-0.05, 0) is 19.1 Å². The molecule has 0 saturated carbocycles. The van der Waals surface area contributed by atoms with Crippen LogP contribution in [-0.4, -0.2) is 49.2 Å². The van der Waals surface area contributed by atoms with Crippen molar-refractivity contribution in [3.63, 3.8) is 0 Å². The van der Waals surface area contributed by atoms with Crippen LogP contribution in [0.15, 0.2) is 24.3 Å². The summed E-state index contributed by atoms with van der Waals surface area (Å²) < 4.78 is 4.80. The zero-order valence-corrected chi connectivity index (χ0v) is 11.9. The van der Waals surface area contributed by atoms with Gasteiger partial charge < -0.3 is 20.5 Å². The van der Waals surface area contributed by atoms with E-state index in [-0.39, 0.29) is 17.0 Å². The molecule has 3 N–H and O–H groups in total. The van der Waals surface area contributed by atoms with Gasteiger partial charge in [-0.15, -0.1) is 0 Å². The molecule has 1 atom stereocenters. The molecule has 114 valence electrons. The molecule has 0 spiro atoms. The van der Waals surface area contributed by atoms with Gasteiger partial charge in [-0.25, -0.2) is 4.79 Å². The van der Waals surface area contributed by atoms with E-state index in [4.69, 9.17) is 9.84 Å². The highest BCUT2D eigenvalue weighted by atomic mass is 16.5. The second-order valence-electron chi connectivity index (χ2n) is 4.33. The van der Waals surface area contributed by atoms with Crippen LogP contribution in [0.5, 0.6) is 0 Å². The molecule has 0 aliphatic carbocycles. The summed E-state index contributed by atoms with van der Waals surface area (Å²) in [6.07, 6.45) is 0. The minimum Gasteiger partial charge on any atom is -0.478 e. The van der Waals surface area contributed by atoms with Crippen LogP contribution in [-0.2, 0) is 9.53 Å². The molecule has 0 fully saturated rings. The molecule has 0 aromatic heterocycles. The number of methoxy groups -OCH3 is 1. The molecule has 1 aromatic carbocycles. The molecule has 0 aliphatic rings. The Morgan fingerprint density at radius 1 is 1.24 bits per heavy atom. The van der Waals surface area contributed by atoms with Gasteiger partial charge in [0.05, 0.1) is 17.7 Å². The van der Waals surface area contributed by atoms with Gasteiger partial charge in [-0.3, -0.25) is 9.59 Å². The van der Waals surface area contributed by atoms with Gasteiger partial charge >= 0.3 is 5.97 Å². The second kappa shape index (κ2) is 8.01. The summed E-state index contributed by atoms with van der Waals surface area (Å²) in [5, 5.41) is 14.1. The van der Waals surface area contributed by atoms with Gasteiger partial charge in [-0.1, -0.05) is 12.1 Å². The maximum atomic E-state index is 12.0. The molecule has 1 aromatic rings. The van der Waals surface area contributed by atoms with Gasteiger partial charge in [0.15, 0.2) is 0 Å². The molecule has 0 aliphatic heterocycles. The van der Waals surface area contributed by atoms with E-state index in [2.05, 4.69) is 10.6 Å². The molecule has 21 heavy (non-hydrogen) atoms. The maximum Gasteiger partial charge on any atom is 0.336 e. The average Bonchev–Trinajstić information content (AvgIpc) is 2.47. The molecule has 0 heterocycles. The van der Waals surface area contributed by atoms with Crippen molar-refractivity contribution in [3.8, 4) is 0 Å². The summed E-state index contributed by atoms with van der Waals surface area (Å²) in [6, 6.07) is 5.04. The summed E-state index contributed by atoms with van der Waals surface area (Å²) in [4.78, 5) is 34.8. The minimum atomic E-state index is -1.20. The molecule has 7 nitrogen and oxygen atoms in total. The van der Waals surface area contributed by atoms with Gasteiger partial charge in [0.1, 0.15) is 6.04 Å². The maximum absolute atomic E-state index is 12.0. The van der Waals surface area contributed by atoms with Crippen molar-refractivity contribution in [2.75, 3.05) is 20.3 Å². The number of benzene rings is 1. The van der Waals surface area contributed by atoms with Crippen molar-refractivity contribution < 1.29 is 24.2 Å². The first-order valence-electron chi connectivity index (χ1n) is 6.37. The Labute approximate surface area is 122 Å². The highest BCUT2D eigenvalue weighted by Gasteiger charge is 2.20. The molecular formula is C14H18N2O5. The zero-order chi connectivity index (χ0) is 15.8. The minimum absolute atomic E-state index is 0.0153. The Bertz CT molecular complexity index is 530. The smallest absolute Gasteiger partial charge is 0.336 e. The molecule has 0 bridgehead atoms. The number of nitrogens with one attached hydrogen (secondary N) is 2. The van der Waals surface area contributed by atoms with E-state index < -0.39 is 17.9 Å². The van der Waals surface area contributed by atoms with E-state index >= 15 is 0 Å². The number of ether oxygens (including phenoxy) is 1. The predicted molar refractivity (Wildman–Crippen MR) is 75.2 cm³/mol. The molecule has 0 saturated heterocycles. The lowest BCUT2D eigenvalue weighted by atomic mass is 10.1. The van der Waals surface area contributed by atoms with Crippen molar-refractivity contribution in [3.05, 3.63) is 35.4 Å². The monoisotopic (exact) mass is 294 g/mol. The lowest BCUT2D eigenvalue weighted by Gasteiger charge is -2.14. The number of hydrogen-bond acceptors (Lipinski definition) is 4. The predicted octanol–water partition coefficient (Wildman–Crippen LogP) is 0.266. The van der Waals surface area contributed by atoms with Gasteiger partial charge in [0.2, 0.25) is 5.91 Å². The third-order valence-electron chi connectivity index (χ3n) is 2.75. The number of carbonyl (C=O) groups is 3. The number of aromatic carboxylic acids is 1. The van der Waals surface area contributed by atoms with Crippen LogP contribution in [0.2, 0.25) is 0 Å². The molecule has 2 amide bonds. The summed E-state index contributed by atoms with van der Waals surface area (Å²) in [7, 11) is 1.51. The van der Waals surface area contributed by atoms with E-state index in [0.29, 0.717) is 13.2 Å². The SMILES string of the molecule is COCCNC(=O)C(C)NC(=O)c1ccccc1C(=O)O. The third kappa shape index (κ3) is 4.88. The van der Waals surface area contributed by atoms with Gasteiger partial charge in [-0.2, -0.15) is 0 Å². The standard InChI is InChI=1S/C14H18N2O5/c1-9(12(17)15-7-8-21-2)16-13(18)10-5-3-4-6-11(10)14(19)20/h3-6,9H,7-8H2,1-2H3,(H,15,17)(H,16,18)(H,19,20). The van der Waals surface area contributed by atoms with Gasteiger partial charge in [0.25, 0.3) is 5.91 Å². The quantitative estimate of drug-likeness (QED) is 0.626. The average molecular weight is 294 g/mol. The van der Waals surface area contributed by atoms with E-state index in [9.17, 15) is 14.4 Å². The Balaban J connectivity index is 2.69. The number of carboxylic acids is 1. The van der Waals surface area contributed by atoms with E-state index in [1.54, 1.807) is 6.07 Å². The number of hydrogen-bond donors (Lipinski definition) is 3. The topological polar surface area (TPSA) is 105 Å². The Hall–Kier alpha value is -2.41. The van der Waals surface area contributed by atoms with Crippen LogP contribution >= 0.6 is 0 Å². The fourth-order valence-electron chi connectivity index (χ4n) is 1.64. The Morgan fingerprint density at radius 2 is 1.86 bits per heavy atom. The summed E-state index contributed by atoms with van der Waals surface area (Å²) in [6.45, 7) is 2.22.